The first-order chi connectivity index (χ1) is 16.9. The van der Waals surface area contributed by atoms with Crippen molar-refractivity contribution >= 4 is 23.0 Å². The third-order valence-corrected chi connectivity index (χ3v) is 6.79. The molecule has 5 nitrogen and oxygen atoms in total. The number of hydrogen-bond acceptors (Lipinski definition) is 4. The Bertz CT molecular complexity index is 1200. The summed E-state index contributed by atoms with van der Waals surface area (Å²) >= 11 is 5.94. The minimum Gasteiger partial charge on any atom is -0.493 e. The molecule has 0 aromatic heterocycles. The molecule has 0 saturated heterocycles. The van der Waals surface area contributed by atoms with Crippen molar-refractivity contribution < 1.29 is 18.6 Å². The van der Waals surface area contributed by atoms with E-state index >= 15 is 0 Å². The van der Waals surface area contributed by atoms with Gasteiger partial charge >= 0.3 is 0 Å². The molecule has 0 radical (unpaired) electrons. The summed E-state index contributed by atoms with van der Waals surface area (Å²) in [4.78, 5) is 2.17. The Balaban J connectivity index is 1.67. The van der Waals surface area contributed by atoms with Crippen molar-refractivity contribution in [3.8, 4) is 17.2 Å². The molecule has 7 heteroatoms. The van der Waals surface area contributed by atoms with Crippen molar-refractivity contribution in [1.82, 2.24) is 4.90 Å². The molecule has 0 aliphatic carbocycles. The van der Waals surface area contributed by atoms with Gasteiger partial charge in [-0.25, -0.2) is 4.39 Å². The van der Waals surface area contributed by atoms with Crippen LogP contribution in [0.25, 0.3) is 0 Å². The maximum absolute atomic E-state index is 13.4. The molecule has 1 aliphatic rings. The Morgan fingerprint density at radius 2 is 1.80 bits per heavy atom. The van der Waals surface area contributed by atoms with E-state index in [0.29, 0.717) is 29.0 Å². The number of hydrogen-bond donors (Lipinski definition) is 1. The Hall–Kier alpha value is -3.32. The quantitative estimate of drug-likeness (QED) is 0.401. The Morgan fingerprint density at radius 1 is 1.09 bits per heavy atom. The van der Waals surface area contributed by atoms with Crippen LogP contribution >= 0.6 is 12.2 Å². The van der Waals surface area contributed by atoms with E-state index in [1.54, 1.807) is 26.4 Å². The number of halogens is 1. The SMILES string of the molecule is CCc1cccc(C)c1NC(=S)N1CCc2cc(OC)c(OC)cc2[C@@H]1COc1ccc(F)cc1. The highest BCUT2D eigenvalue weighted by Crippen LogP contribution is 2.39. The van der Waals surface area contributed by atoms with Crippen molar-refractivity contribution in [2.45, 2.75) is 32.7 Å². The number of anilines is 1. The maximum Gasteiger partial charge on any atom is 0.174 e. The van der Waals surface area contributed by atoms with Gasteiger partial charge in [0.1, 0.15) is 18.2 Å². The molecule has 0 unspecified atom stereocenters. The molecule has 1 atom stereocenters. The molecule has 0 fully saturated rings. The lowest BCUT2D eigenvalue weighted by molar-refractivity contribution is 0.190. The molecule has 1 aliphatic heterocycles. The van der Waals surface area contributed by atoms with E-state index in [0.717, 1.165) is 36.2 Å². The van der Waals surface area contributed by atoms with E-state index in [-0.39, 0.29) is 11.9 Å². The average molecular weight is 495 g/mol. The summed E-state index contributed by atoms with van der Waals surface area (Å²) in [5, 5.41) is 4.15. The van der Waals surface area contributed by atoms with E-state index in [1.165, 1.54) is 23.3 Å². The normalized spacial score (nSPS) is 14.8. The van der Waals surface area contributed by atoms with Crippen LogP contribution in [0, 0.1) is 12.7 Å². The van der Waals surface area contributed by atoms with Crippen molar-refractivity contribution in [3.05, 3.63) is 82.7 Å². The molecule has 1 N–H and O–H groups in total. The summed E-state index contributed by atoms with van der Waals surface area (Å²) in [7, 11) is 3.27. The second kappa shape index (κ2) is 11.0. The summed E-state index contributed by atoms with van der Waals surface area (Å²) in [6.45, 7) is 5.28. The van der Waals surface area contributed by atoms with Crippen molar-refractivity contribution in [2.75, 3.05) is 32.7 Å². The number of nitrogens with one attached hydrogen (secondary N) is 1. The van der Waals surface area contributed by atoms with Gasteiger partial charge in [0.15, 0.2) is 16.6 Å². The number of methoxy groups -OCH3 is 2. The van der Waals surface area contributed by atoms with Gasteiger partial charge in [0.25, 0.3) is 0 Å². The molecule has 0 amide bonds. The van der Waals surface area contributed by atoms with Crippen LogP contribution in [0.4, 0.5) is 10.1 Å². The van der Waals surface area contributed by atoms with Gasteiger partial charge < -0.3 is 24.4 Å². The highest BCUT2D eigenvalue weighted by Gasteiger charge is 2.32. The third-order valence-electron chi connectivity index (χ3n) is 6.46. The number of fused-ring (bicyclic) bond motifs is 1. The van der Waals surface area contributed by atoms with Crippen LogP contribution in [0.3, 0.4) is 0 Å². The first-order valence-corrected chi connectivity index (χ1v) is 12.1. The number of nitrogens with zero attached hydrogens (tertiary/aromatic N) is 1. The number of para-hydroxylation sites is 1. The van der Waals surface area contributed by atoms with E-state index in [9.17, 15) is 4.39 Å². The predicted octanol–water partition coefficient (Wildman–Crippen LogP) is 6.09. The zero-order valence-corrected chi connectivity index (χ0v) is 21.4. The number of thiocarbonyl (C=S) groups is 1. The molecular formula is C28H31FN2O3S. The molecule has 0 spiro atoms. The lowest BCUT2D eigenvalue weighted by atomic mass is 9.92. The third kappa shape index (κ3) is 5.35. The van der Waals surface area contributed by atoms with Gasteiger partial charge in [-0.2, -0.15) is 0 Å². The Kier molecular flexibility index (Phi) is 7.76. The number of aryl methyl sites for hydroxylation is 2. The van der Waals surface area contributed by atoms with Crippen molar-refractivity contribution in [2.24, 2.45) is 0 Å². The highest BCUT2D eigenvalue weighted by atomic mass is 32.1. The van der Waals surface area contributed by atoms with E-state index in [4.69, 9.17) is 26.4 Å². The average Bonchev–Trinajstić information content (AvgIpc) is 2.88. The van der Waals surface area contributed by atoms with Crippen LogP contribution in [0.5, 0.6) is 17.2 Å². The predicted molar refractivity (Wildman–Crippen MR) is 141 cm³/mol. The highest BCUT2D eigenvalue weighted by molar-refractivity contribution is 7.80. The molecule has 3 aromatic carbocycles. The van der Waals surface area contributed by atoms with Gasteiger partial charge in [-0.15, -0.1) is 0 Å². The summed E-state index contributed by atoms with van der Waals surface area (Å²) in [6, 6.07) is 16.2. The summed E-state index contributed by atoms with van der Waals surface area (Å²) in [5.41, 5.74) is 5.65. The molecule has 4 rings (SSSR count). The van der Waals surface area contributed by atoms with Gasteiger partial charge in [-0.05, 0) is 90.6 Å². The minimum atomic E-state index is -0.297. The standard InChI is InChI=1S/C28H31FN2O3S/c1-5-19-8-6-7-18(2)27(19)30-28(35)31-14-13-20-15-25(32-3)26(33-4)16-23(20)24(31)17-34-22-11-9-21(29)10-12-22/h6-12,15-16,24H,5,13-14,17H2,1-4H3,(H,30,35)/t24-/m0/s1. The zero-order valence-electron chi connectivity index (χ0n) is 20.6. The molecule has 3 aromatic rings. The van der Waals surface area contributed by atoms with Crippen LogP contribution in [-0.4, -0.2) is 37.4 Å². The second-order valence-corrected chi connectivity index (χ2v) is 8.91. The van der Waals surface area contributed by atoms with Gasteiger partial charge in [-0.3, -0.25) is 0 Å². The lowest BCUT2D eigenvalue weighted by Gasteiger charge is -2.39. The van der Waals surface area contributed by atoms with E-state index in [2.05, 4.69) is 42.3 Å². The van der Waals surface area contributed by atoms with Gasteiger partial charge in [0.05, 0.1) is 20.3 Å². The molecule has 184 valence electrons. The smallest absolute Gasteiger partial charge is 0.174 e. The lowest BCUT2D eigenvalue weighted by Crippen LogP contribution is -2.44. The number of ether oxygens (including phenoxy) is 3. The molecule has 35 heavy (non-hydrogen) atoms. The topological polar surface area (TPSA) is 43.0 Å². The maximum atomic E-state index is 13.4. The summed E-state index contributed by atoms with van der Waals surface area (Å²) in [5.74, 6) is 1.66. The molecular weight excluding hydrogens is 463 g/mol. The van der Waals surface area contributed by atoms with Crippen LogP contribution in [-0.2, 0) is 12.8 Å². The number of rotatable bonds is 7. The minimum absolute atomic E-state index is 0.169. The van der Waals surface area contributed by atoms with Crippen LogP contribution < -0.4 is 19.5 Å². The largest absolute Gasteiger partial charge is 0.493 e. The summed E-state index contributed by atoms with van der Waals surface area (Å²) < 4.78 is 30.6. The monoisotopic (exact) mass is 494 g/mol. The molecule has 0 bridgehead atoms. The molecule has 1 heterocycles. The fourth-order valence-electron chi connectivity index (χ4n) is 4.54. The fourth-order valence-corrected chi connectivity index (χ4v) is 4.86. The first kappa shape index (κ1) is 24.8. The molecule has 0 saturated carbocycles. The Labute approximate surface area is 211 Å². The zero-order chi connectivity index (χ0) is 24.9. The fraction of sp³-hybridized carbons (Fsp3) is 0.321. The first-order valence-electron chi connectivity index (χ1n) is 11.7. The van der Waals surface area contributed by atoms with Gasteiger partial charge in [0.2, 0.25) is 0 Å². The van der Waals surface area contributed by atoms with E-state index in [1.807, 2.05) is 12.1 Å². The van der Waals surface area contributed by atoms with Crippen molar-refractivity contribution in [3.63, 3.8) is 0 Å². The number of benzene rings is 3. The van der Waals surface area contributed by atoms with Crippen LogP contribution in [0.1, 0.15) is 35.2 Å². The van der Waals surface area contributed by atoms with E-state index < -0.39 is 0 Å². The van der Waals surface area contributed by atoms with Crippen LogP contribution in [0.15, 0.2) is 54.6 Å². The summed E-state index contributed by atoms with van der Waals surface area (Å²) in [6.07, 6.45) is 1.71. The second-order valence-electron chi connectivity index (χ2n) is 8.52. The van der Waals surface area contributed by atoms with Gasteiger partial charge in [0, 0.05) is 12.2 Å². The van der Waals surface area contributed by atoms with Crippen molar-refractivity contribution in [1.29, 1.82) is 0 Å². The Morgan fingerprint density at radius 3 is 2.49 bits per heavy atom. The van der Waals surface area contributed by atoms with Gasteiger partial charge in [-0.1, -0.05) is 25.1 Å². The van der Waals surface area contributed by atoms with Crippen LogP contribution in [0.2, 0.25) is 0 Å².